The topological polar surface area (TPSA) is 107 Å². The Bertz CT molecular complexity index is 2030. The number of carbonyl (C=O) groups excluding carboxylic acids is 1. The monoisotopic (exact) mass is 768 g/mol. The van der Waals surface area contributed by atoms with E-state index in [2.05, 4.69) is 53.2 Å². The number of nitro groups is 1. The minimum absolute atomic E-state index is 0. The minimum Gasteiger partial charge on any atom is -0.493 e. The number of halogens is 2. The number of amides is 1. The van der Waals surface area contributed by atoms with E-state index in [-0.39, 0.29) is 30.6 Å². The molecule has 0 spiro atoms. The minimum atomic E-state index is -0.436. The van der Waals surface area contributed by atoms with E-state index in [1.165, 1.54) is 29.0 Å². The molecule has 54 heavy (non-hydrogen) atoms. The highest BCUT2D eigenvalue weighted by atomic mass is 35.5. The smallest absolute Gasteiger partial charge is 0.276 e. The maximum Gasteiger partial charge on any atom is 0.276 e. The van der Waals surface area contributed by atoms with Gasteiger partial charge in [-0.05, 0) is 78.6 Å². The first-order valence-corrected chi connectivity index (χ1v) is 17.8. The summed E-state index contributed by atoms with van der Waals surface area (Å²) in [5.41, 5.74) is 5.73. The van der Waals surface area contributed by atoms with Gasteiger partial charge in [-0.1, -0.05) is 65.7 Å². The summed E-state index contributed by atoms with van der Waals surface area (Å²) in [5.74, 6) is 2.05. The van der Waals surface area contributed by atoms with Crippen LogP contribution >= 0.6 is 24.0 Å². The second-order valence-electron chi connectivity index (χ2n) is 12.9. The molecule has 10 nitrogen and oxygen atoms in total. The third-order valence-electron chi connectivity index (χ3n) is 8.96. The van der Waals surface area contributed by atoms with Crippen LogP contribution in [0, 0.1) is 24.0 Å². The van der Waals surface area contributed by atoms with Gasteiger partial charge in [0, 0.05) is 57.4 Å². The van der Waals surface area contributed by atoms with Crippen molar-refractivity contribution in [1.29, 1.82) is 0 Å². The lowest BCUT2D eigenvalue weighted by Gasteiger charge is -2.34. The van der Waals surface area contributed by atoms with Crippen molar-refractivity contribution in [3.8, 4) is 23.1 Å². The first-order valence-electron chi connectivity index (χ1n) is 17.5. The average molecular weight is 770 g/mol. The van der Waals surface area contributed by atoms with Crippen molar-refractivity contribution in [1.82, 2.24) is 14.8 Å². The number of aromatic nitrogens is 1. The van der Waals surface area contributed by atoms with Crippen molar-refractivity contribution in [2.45, 2.75) is 33.4 Å². The Kier molecular flexibility index (Phi) is 14.0. The summed E-state index contributed by atoms with van der Waals surface area (Å²) in [6.45, 7) is 8.38. The molecule has 1 aliphatic rings. The molecule has 4 aromatic carbocycles. The number of ether oxygens (including phenoxy) is 3. The van der Waals surface area contributed by atoms with Crippen LogP contribution in [0.3, 0.4) is 0 Å². The van der Waals surface area contributed by atoms with Crippen LogP contribution in [0.25, 0.3) is 6.08 Å². The summed E-state index contributed by atoms with van der Waals surface area (Å²) in [6, 6.07) is 30.2. The summed E-state index contributed by atoms with van der Waals surface area (Å²) in [5, 5.41) is 11.6. The van der Waals surface area contributed by atoms with Gasteiger partial charge in [-0.3, -0.25) is 19.8 Å². The highest BCUT2D eigenvalue weighted by Crippen LogP contribution is 2.34. The zero-order valence-electron chi connectivity index (χ0n) is 30.2. The molecule has 1 saturated heterocycles. The molecule has 0 atom stereocenters. The van der Waals surface area contributed by atoms with Crippen LogP contribution < -0.4 is 14.2 Å². The van der Waals surface area contributed by atoms with Crippen LogP contribution in [-0.2, 0) is 24.4 Å². The fourth-order valence-corrected chi connectivity index (χ4v) is 6.28. The third kappa shape index (κ3) is 11.1. The molecule has 0 unspecified atom stereocenters. The standard InChI is InChI=1S/C42H41ClN4O6.ClH/c1-30-7-14-36(15-8-30)51-24-19-32-9-11-33(12-10-32)28-45-20-22-46(23-21-45)41(48)18-13-34-25-31(2)42(38(43)26-34)53-40-17-16-37(27-44-40)52-29-35-5-3-4-6-39(35)47(49)50;/h3-18,25-27H,19-24,28-29H2,1-2H3;1H/b18-13+;. The Balaban J connectivity index is 0.00000561. The van der Waals surface area contributed by atoms with Gasteiger partial charge in [0.05, 0.1) is 28.3 Å². The maximum absolute atomic E-state index is 13.0. The maximum atomic E-state index is 13.0. The fourth-order valence-electron chi connectivity index (χ4n) is 5.96. The number of benzene rings is 4. The number of rotatable bonds is 14. The lowest BCUT2D eigenvalue weighted by atomic mass is 10.1. The molecule has 6 rings (SSSR count). The molecule has 12 heteroatoms. The zero-order valence-corrected chi connectivity index (χ0v) is 31.7. The van der Waals surface area contributed by atoms with Crippen molar-refractivity contribution in [2.75, 3.05) is 32.8 Å². The Labute approximate surface area is 326 Å². The SMILES string of the molecule is Cc1ccc(OCCc2ccc(CN3CCN(C(=O)/C=C/c4cc(C)c(Oc5ccc(OCc6ccccc6[N+](=O)[O-])cn5)c(Cl)c4)CC3)cc2)cc1.Cl. The largest absolute Gasteiger partial charge is 0.493 e. The normalized spacial score (nSPS) is 13.0. The molecule has 0 bridgehead atoms. The van der Waals surface area contributed by atoms with E-state index in [9.17, 15) is 14.9 Å². The first-order chi connectivity index (χ1) is 25.7. The molecule has 1 fully saturated rings. The summed E-state index contributed by atoms with van der Waals surface area (Å²) in [6.07, 6.45) is 5.70. The predicted octanol–water partition coefficient (Wildman–Crippen LogP) is 9.03. The number of aryl methyl sites for hydroxylation is 2. The molecule has 5 aromatic rings. The van der Waals surface area contributed by atoms with Gasteiger partial charge in [-0.25, -0.2) is 4.98 Å². The van der Waals surface area contributed by atoms with E-state index in [1.54, 1.807) is 48.6 Å². The number of piperazine rings is 1. The number of para-hydroxylation sites is 1. The van der Waals surface area contributed by atoms with Crippen molar-refractivity contribution in [2.24, 2.45) is 0 Å². The molecule has 1 amide bonds. The number of hydrogen-bond acceptors (Lipinski definition) is 8. The Morgan fingerprint density at radius 1 is 0.889 bits per heavy atom. The van der Waals surface area contributed by atoms with Gasteiger partial charge in [0.25, 0.3) is 5.69 Å². The Hall–Kier alpha value is -5.42. The van der Waals surface area contributed by atoms with Crippen LogP contribution in [0.2, 0.25) is 5.02 Å². The van der Waals surface area contributed by atoms with Gasteiger partial charge in [0.2, 0.25) is 11.8 Å². The molecule has 0 saturated carbocycles. The predicted molar refractivity (Wildman–Crippen MR) is 213 cm³/mol. The van der Waals surface area contributed by atoms with Crippen LogP contribution in [0.1, 0.15) is 33.4 Å². The van der Waals surface area contributed by atoms with Crippen molar-refractivity contribution < 1.29 is 23.9 Å². The summed E-state index contributed by atoms with van der Waals surface area (Å²) in [4.78, 5) is 32.4. The van der Waals surface area contributed by atoms with Gasteiger partial charge >= 0.3 is 0 Å². The molecular formula is C42H42Cl2N4O6. The number of carbonyl (C=O) groups is 1. The second kappa shape index (κ2) is 19.1. The van der Waals surface area contributed by atoms with E-state index in [0.717, 1.165) is 42.9 Å². The van der Waals surface area contributed by atoms with E-state index < -0.39 is 4.92 Å². The summed E-state index contributed by atoms with van der Waals surface area (Å²) >= 11 is 6.61. The van der Waals surface area contributed by atoms with Crippen molar-refractivity contribution in [3.05, 3.63) is 158 Å². The lowest BCUT2D eigenvalue weighted by Crippen LogP contribution is -2.47. The first kappa shape index (κ1) is 39.8. The molecule has 280 valence electrons. The van der Waals surface area contributed by atoms with Crippen LogP contribution in [0.5, 0.6) is 23.1 Å². The van der Waals surface area contributed by atoms with Gasteiger partial charge < -0.3 is 19.1 Å². The number of nitro benzene ring substituents is 1. The zero-order chi connectivity index (χ0) is 37.2. The van der Waals surface area contributed by atoms with Gasteiger partial charge in [-0.15, -0.1) is 12.4 Å². The lowest BCUT2D eigenvalue weighted by molar-refractivity contribution is -0.385. The third-order valence-corrected chi connectivity index (χ3v) is 9.24. The highest BCUT2D eigenvalue weighted by molar-refractivity contribution is 6.32. The van der Waals surface area contributed by atoms with Gasteiger partial charge in [0.1, 0.15) is 18.1 Å². The van der Waals surface area contributed by atoms with Gasteiger partial charge in [-0.2, -0.15) is 0 Å². The number of nitrogens with zero attached hydrogens (tertiary/aromatic N) is 4. The van der Waals surface area contributed by atoms with E-state index in [1.807, 2.05) is 30.0 Å². The average Bonchev–Trinajstić information content (AvgIpc) is 3.17. The Morgan fingerprint density at radius 3 is 2.28 bits per heavy atom. The van der Waals surface area contributed by atoms with E-state index in [0.29, 0.717) is 47.7 Å². The quantitative estimate of drug-likeness (QED) is 0.0626. The molecule has 1 aliphatic heterocycles. The molecule has 0 aliphatic carbocycles. The molecule has 1 aromatic heterocycles. The summed E-state index contributed by atoms with van der Waals surface area (Å²) < 4.78 is 17.6. The number of pyridine rings is 1. The molecule has 2 heterocycles. The van der Waals surface area contributed by atoms with Crippen molar-refractivity contribution in [3.63, 3.8) is 0 Å². The van der Waals surface area contributed by atoms with E-state index >= 15 is 0 Å². The number of hydrogen-bond donors (Lipinski definition) is 0. The van der Waals surface area contributed by atoms with Crippen LogP contribution in [0.4, 0.5) is 5.69 Å². The van der Waals surface area contributed by atoms with E-state index in [4.69, 9.17) is 25.8 Å². The van der Waals surface area contributed by atoms with Gasteiger partial charge in [0.15, 0.2) is 5.75 Å². The van der Waals surface area contributed by atoms with Crippen LogP contribution in [-0.4, -0.2) is 58.4 Å². The highest BCUT2D eigenvalue weighted by Gasteiger charge is 2.20. The molecular weight excluding hydrogens is 727 g/mol. The molecule has 0 N–H and O–H groups in total. The van der Waals surface area contributed by atoms with Crippen molar-refractivity contribution >= 4 is 41.7 Å². The van der Waals surface area contributed by atoms with Crippen LogP contribution in [0.15, 0.2) is 109 Å². The summed E-state index contributed by atoms with van der Waals surface area (Å²) in [7, 11) is 0. The second-order valence-corrected chi connectivity index (χ2v) is 13.3. The Morgan fingerprint density at radius 2 is 1.59 bits per heavy atom. The fraction of sp³-hybridized carbons (Fsp3) is 0.238. The molecule has 0 radical (unpaired) electrons.